The fourth-order valence-corrected chi connectivity index (χ4v) is 1.03. The third-order valence-corrected chi connectivity index (χ3v) is 1.71. The zero-order chi connectivity index (χ0) is 9.97. The van der Waals surface area contributed by atoms with Crippen molar-refractivity contribution in [2.24, 2.45) is 7.05 Å². The minimum atomic E-state index is 0.401. The van der Waals surface area contributed by atoms with Gasteiger partial charge in [0, 0.05) is 13.2 Å². The van der Waals surface area contributed by atoms with Crippen LogP contribution >= 0.6 is 0 Å². The first-order valence-electron chi connectivity index (χ1n) is 4.02. The quantitative estimate of drug-likeness (QED) is 0.682. The van der Waals surface area contributed by atoms with E-state index < -0.39 is 0 Å². The van der Waals surface area contributed by atoms with Crippen LogP contribution in [0.25, 0.3) is 11.4 Å². The lowest BCUT2D eigenvalue weighted by Gasteiger charge is -1.96. The van der Waals surface area contributed by atoms with Crippen LogP contribution in [0.4, 0.5) is 0 Å². The van der Waals surface area contributed by atoms with E-state index in [1.165, 1.54) is 13.3 Å². The molecule has 14 heavy (non-hydrogen) atoms. The summed E-state index contributed by atoms with van der Waals surface area (Å²) in [4.78, 5) is 4.08. The van der Waals surface area contributed by atoms with Gasteiger partial charge in [-0.1, -0.05) is 0 Å². The molecule has 0 aliphatic rings. The van der Waals surface area contributed by atoms with E-state index in [1.54, 1.807) is 10.9 Å². The van der Waals surface area contributed by atoms with Crippen LogP contribution in [0, 0.1) is 0 Å². The summed E-state index contributed by atoms with van der Waals surface area (Å²) in [5.41, 5.74) is 0.836. The van der Waals surface area contributed by atoms with E-state index in [0.717, 1.165) is 5.56 Å². The van der Waals surface area contributed by atoms with Crippen molar-refractivity contribution in [2.75, 3.05) is 7.11 Å². The van der Waals surface area contributed by atoms with Gasteiger partial charge in [-0.15, -0.1) is 10.2 Å². The van der Waals surface area contributed by atoms with Crippen molar-refractivity contribution >= 4 is 0 Å². The molecule has 0 spiro atoms. The Morgan fingerprint density at radius 2 is 2.14 bits per heavy atom. The van der Waals surface area contributed by atoms with E-state index in [1.807, 2.05) is 13.2 Å². The molecule has 0 aliphatic carbocycles. The summed E-state index contributed by atoms with van der Waals surface area (Å²) in [5.74, 6) is 0.941. The predicted octanol–water partition coefficient (Wildman–Crippen LogP) is 0.281. The highest BCUT2D eigenvalue weighted by Crippen LogP contribution is 2.12. The first-order chi connectivity index (χ1) is 6.79. The Balaban J connectivity index is 2.33. The third kappa shape index (κ3) is 1.54. The van der Waals surface area contributed by atoms with Crippen LogP contribution in [0.2, 0.25) is 0 Å². The van der Waals surface area contributed by atoms with Crippen molar-refractivity contribution in [1.29, 1.82) is 0 Å². The lowest BCUT2D eigenvalue weighted by Crippen LogP contribution is -1.94. The van der Waals surface area contributed by atoms with Gasteiger partial charge in [-0.25, -0.2) is 4.98 Å². The average molecular weight is 191 g/mol. The number of hydrogen-bond acceptors (Lipinski definition) is 5. The largest absolute Gasteiger partial charge is 0.479 e. The highest BCUT2D eigenvalue weighted by Gasteiger charge is 2.04. The Kier molecular flexibility index (Phi) is 2.10. The number of methoxy groups -OCH3 is 1. The molecule has 0 unspecified atom stereocenters. The maximum atomic E-state index is 4.85. The summed E-state index contributed by atoms with van der Waals surface area (Å²) in [6, 6.07) is 0. The lowest BCUT2D eigenvalue weighted by molar-refractivity contribution is 0.389. The van der Waals surface area contributed by atoms with Crippen LogP contribution in [0.3, 0.4) is 0 Å². The van der Waals surface area contributed by atoms with Crippen molar-refractivity contribution in [3.63, 3.8) is 0 Å². The fourth-order valence-electron chi connectivity index (χ4n) is 1.03. The smallest absolute Gasteiger partial charge is 0.251 e. The van der Waals surface area contributed by atoms with Crippen molar-refractivity contribution < 1.29 is 4.74 Å². The van der Waals surface area contributed by atoms with Crippen molar-refractivity contribution in [3.8, 4) is 17.3 Å². The summed E-state index contributed by atoms with van der Waals surface area (Å²) in [6.07, 6.45) is 5.03. The molecule has 0 N–H and O–H groups in total. The number of nitrogens with zero attached hydrogens (tertiary/aromatic N) is 5. The van der Waals surface area contributed by atoms with Gasteiger partial charge in [0.05, 0.1) is 25.1 Å². The van der Waals surface area contributed by atoms with E-state index in [2.05, 4.69) is 20.3 Å². The van der Waals surface area contributed by atoms with Crippen LogP contribution in [0.5, 0.6) is 5.88 Å². The zero-order valence-electron chi connectivity index (χ0n) is 7.88. The molecule has 2 heterocycles. The second-order valence-corrected chi connectivity index (χ2v) is 2.73. The maximum Gasteiger partial charge on any atom is 0.251 e. The van der Waals surface area contributed by atoms with Gasteiger partial charge in [-0.3, -0.25) is 4.68 Å². The Bertz CT molecular complexity index is 422. The molecular formula is C8H9N5O. The van der Waals surface area contributed by atoms with E-state index >= 15 is 0 Å². The molecular weight excluding hydrogens is 182 g/mol. The number of ether oxygens (including phenoxy) is 1. The Morgan fingerprint density at radius 1 is 1.29 bits per heavy atom. The summed E-state index contributed by atoms with van der Waals surface area (Å²) < 4.78 is 6.54. The predicted molar refractivity (Wildman–Crippen MR) is 48.6 cm³/mol. The van der Waals surface area contributed by atoms with Gasteiger partial charge in [0.25, 0.3) is 5.88 Å². The van der Waals surface area contributed by atoms with E-state index in [9.17, 15) is 0 Å². The summed E-state index contributed by atoms with van der Waals surface area (Å²) in [7, 11) is 3.36. The third-order valence-electron chi connectivity index (χ3n) is 1.71. The standard InChI is InChI=1S/C8H9N5O/c1-13-5-6(3-10-13)8-9-4-7(14-2)11-12-8/h3-5H,1-2H3. The van der Waals surface area contributed by atoms with Gasteiger partial charge in [0.15, 0.2) is 5.82 Å². The van der Waals surface area contributed by atoms with Crippen molar-refractivity contribution in [1.82, 2.24) is 25.0 Å². The minimum absolute atomic E-state index is 0.401. The molecule has 2 rings (SSSR count). The fraction of sp³-hybridized carbons (Fsp3) is 0.250. The summed E-state index contributed by atoms with van der Waals surface area (Å²) in [5, 5.41) is 11.7. The molecule has 0 bridgehead atoms. The molecule has 6 nitrogen and oxygen atoms in total. The van der Waals surface area contributed by atoms with Crippen LogP contribution in [0.1, 0.15) is 0 Å². The maximum absolute atomic E-state index is 4.85. The molecule has 0 saturated heterocycles. The van der Waals surface area contributed by atoms with Gasteiger partial charge < -0.3 is 4.74 Å². The number of aryl methyl sites for hydroxylation is 1. The number of aromatic nitrogens is 5. The van der Waals surface area contributed by atoms with Crippen LogP contribution in [0.15, 0.2) is 18.6 Å². The number of rotatable bonds is 2. The van der Waals surface area contributed by atoms with Crippen molar-refractivity contribution in [2.45, 2.75) is 0 Å². The van der Waals surface area contributed by atoms with Gasteiger partial charge in [-0.05, 0) is 0 Å². The molecule has 0 fully saturated rings. The molecule has 0 amide bonds. The van der Waals surface area contributed by atoms with Crippen LogP contribution < -0.4 is 4.74 Å². The monoisotopic (exact) mass is 191 g/mol. The SMILES string of the molecule is COc1cnc(-c2cnn(C)c2)nn1. The molecule has 0 saturated carbocycles. The molecule has 0 atom stereocenters. The van der Waals surface area contributed by atoms with Gasteiger partial charge in [0.1, 0.15) is 0 Å². The molecule has 2 aromatic heterocycles. The van der Waals surface area contributed by atoms with Crippen LogP contribution in [-0.2, 0) is 7.05 Å². The zero-order valence-corrected chi connectivity index (χ0v) is 7.88. The second-order valence-electron chi connectivity index (χ2n) is 2.73. The first kappa shape index (κ1) is 8.61. The van der Waals surface area contributed by atoms with E-state index in [-0.39, 0.29) is 0 Å². The molecule has 0 aliphatic heterocycles. The lowest BCUT2D eigenvalue weighted by atomic mass is 10.3. The highest BCUT2D eigenvalue weighted by atomic mass is 16.5. The molecule has 2 aromatic rings. The van der Waals surface area contributed by atoms with Gasteiger partial charge in [0.2, 0.25) is 0 Å². The van der Waals surface area contributed by atoms with Gasteiger partial charge >= 0.3 is 0 Å². The van der Waals surface area contributed by atoms with Crippen molar-refractivity contribution in [3.05, 3.63) is 18.6 Å². The Hall–Kier alpha value is -1.98. The molecule has 0 radical (unpaired) electrons. The molecule has 6 heteroatoms. The van der Waals surface area contributed by atoms with E-state index in [4.69, 9.17) is 4.74 Å². The first-order valence-corrected chi connectivity index (χ1v) is 4.02. The summed E-state index contributed by atoms with van der Waals surface area (Å²) in [6.45, 7) is 0. The van der Waals surface area contributed by atoms with Gasteiger partial charge in [-0.2, -0.15) is 5.10 Å². The highest BCUT2D eigenvalue weighted by molar-refractivity contribution is 5.50. The second kappa shape index (κ2) is 3.41. The molecule has 0 aromatic carbocycles. The average Bonchev–Trinajstić information content (AvgIpc) is 2.65. The van der Waals surface area contributed by atoms with E-state index in [0.29, 0.717) is 11.7 Å². The topological polar surface area (TPSA) is 65.7 Å². The normalized spacial score (nSPS) is 10.1. The summed E-state index contributed by atoms with van der Waals surface area (Å²) >= 11 is 0. The number of hydrogen-bond donors (Lipinski definition) is 0. The Morgan fingerprint density at radius 3 is 2.64 bits per heavy atom. The van der Waals surface area contributed by atoms with Crippen LogP contribution in [-0.4, -0.2) is 32.1 Å². The Labute approximate surface area is 80.6 Å². The minimum Gasteiger partial charge on any atom is -0.479 e. The molecule has 72 valence electrons.